The van der Waals surface area contributed by atoms with E-state index in [9.17, 15) is 0 Å². The van der Waals surface area contributed by atoms with Crippen LogP contribution in [-0.2, 0) is 0 Å². The number of aromatic nitrogens is 2. The van der Waals surface area contributed by atoms with E-state index >= 15 is 0 Å². The highest BCUT2D eigenvalue weighted by Gasteiger charge is 2.23. The van der Waals surface area contributed by atoms with Crippen LogP contribution in [0, 0.1) is 0 Å². The molecule has 0 spiro atoms. The van der Waals surface area contributed by atoms with Gasteiger partial charge in [0, 0.05) is 25.7 Å². The third-order valence-electron chi connectivity index (χ3n) is 7.97. The molecule has 7 aromatic rings. The van der Waals surface area contributed by atoms with E-state index in [0.29, 0.717) is 11.8 Å². The molecule has 0 atom stereocenters. The van der Waals surface area contributed by atoms with Crippen molar-refractivity contribution in [2.24, 2.45) is 0 Å². The third-order valence-corrected chi connectivity index (χ3v) is 9.18. The van der Waals surface area contributed by atoms with E-state index < -0.39 is 0 Å². The zero-order valence-corrected chi connectivity index (χ0v) is 24.2. The van der Waals surface area contributed by atoms with Crippen LogP contribution in [0.2, 0.25) is 0 Å². The maximum absolute atomic E-state index is 5.32. The minimum absolute atomic E-state index is 0.388. The molecule has 196 valence electrons. The van der Waals surface area contributed by atoms with Crippen LogP contribution in [0.25, 0.3) is 59.4 Å². The summed E-state index contributed by atoms with van der Waals surface area (Å²) in [5.41, 5.74) is 9.84. The Hall–Kier alpha value is -4.21. The average molecular weight is 537 g/mol. The monoisotopic (exact) mass is 536 g/mol. The largest absolute Gasteiger partial charge is 0.292 e. The lowest BCUT2D eigenvalue weighted by atomic mass is 9.92. The van der Waals surface area contributed by atoms with Crippen molar-refractivity contribution >= 4 is 42.5 Å². The molecule has 2 aromatic heterocycles. The number of hydrogen-bond donors (Lipinski definition) is 0. The van der Waals surface area contributed by atoms with Crippen LogP contribution in [0.5, 0.6) is 0 Å². The Bertz CT molecular complexity index is 1980. The van der Waals surface area contributed by atoms with E-state index in [1.54, 1.807) is 0 Å². The van der Waals surface area contributed by atoms with E-state index in [1.165, 1.54) is 53.7 Å². The van der Waals surface area contributed by atoms with Crippen LogP contribution in [-0.4, -0.2) is 9.55 Å². The van der Waals surface area contributed by atoms with Gasteiger partial charge in [0.25, 0.3) is 0 Å². The van der Waals surface area contributed by atoms with Crippen molar-refractivity contribution in [1.29, 1.82) is 0 Å². The summed E-state index contributed by atoms with van der Waals surface area (Å²) < 4.78 is 5.03. The fourth-order valence-corrected chi connectivity index (χ4v) is 7.24. The number of para-hydroxylation sites is 3. The van der Waals surface area contributed by atoms with Gasteiger partial charge in [0.15, 0.2) is 0 Å². The van der Waals surface area contributed by atoms with Crippen molar-refractivity contribution in [3.63, 3.8) is 0 Å². The predicted octanol–water partition coefficient (Wildman–Crippen LogP) is 11.0. The zero-order valence-electron chi connectivity index (χ0n) is 23.3. The Balaban J connectivity index is 1.54. The SMILES string of the molecule is CC(C)c1cccc(C(C)C)c1-n1c(-c2cccc3c2sc2cc(-c4ccccc4)ccc23)nc2ccccc21. The van der Waals surface area contributed by atoms with Crippen molar-refractivity contribution < 1.29 is 0 Å². The van der Waals surface area contributed by atoms with Gasteiger partial charge < -0.3 is 0 Å². The summed E-state index contributed by atoms with van der Waals surface area (Å²) in [6.45, 7) is 9.16. The summed E-state index contributed by atoms with van der Waals surface area (Å²) in [5, 5.41) is 2.59. The lowest BCUT2D eigenvalue weighted by Gasteiger charge is -2.22. The van der Waals surface area contributed by atoms with Gasteiger partial charge in [0.05, 0.1) is 16.7 Å². The van der Waals surface area contributed by atoms with Crippen molar-refractivity contribution in [3.05, 3.63) is 120 Å². The Morgan fingerprint density at radius 2 is 1.32 bits per heavy atom. The number of rotatable bonds is 5. The topological polar surface area (TPSA) is 17.8 Å². The van der Waals surface area contributed by atoms with Gasteiger partial charge >= 0.3 is 0 Å². The number of benzene rings is 5. The molecule has 2 nitrogen and oxygen atoms in total. The van der Waals surface area contributed by atoms with Crippen LogP contribution < -0.4 is 0 Å². The van der Waals surface area contributed by atoms with E-state index in [4.69, 9.17) is 4.98 Å². The lowest BCUT2D eigenvalue weighted by Crippen LogP contribution is -2.08. The lowest BCUT2D eigenvalue weighted by molar-refractivity contribution is 0.811. The molecular weight excluding hydrogens is 504 g/mol. The molecule has 2 heterocycles. The second-order valence-electron chi connectivity index (χ2n) is 11.2. The van der Waals surface area contributed by atoms with E-state index in [-0.39, 0.29) is 0 Å². The molecule has 0 radical (unpaired) electrons. The Morgan fingerprint density at radius 1 is 0.625 bits per heavy atom. The first-order valence-electron chi connectivity index (χ1n) is 14.1. The predicted molar refractivity (Wildman–Crippen MR) is 173 cm³/mol. The van der Waals surface area contributed by atoms with Crippen LogP contribution in [0.3, 0.4) is 0 Å². The van der Waals surface area contributed by atoms with Gasteiger partial charge in [0.1, 0.15) is 5.82 Å². The average Bonchev–Trinajstić information content (AvgIpc) is 3.55. The molecule has 3 heteroatoms. The van der Waals surface area contributed by atoms with Gasteiger partial charge in [-0.3, -0.25) is 4.57 Å². The standard InChI is InChI=1S/C37H32N2S/c1-23(2)27-14-10-15-28(24(3)4)35(27)39-33-19-9-8-18-32(33)38-37(39)31-17-11-16-30-29-21-20-26(22-34(29)40-36(30)31)25-12-6-5-7-13-25/h5-24H,1-4H3. The summed E-state index contributed by atoms with van der Waals surface area (Å²) in [6.07, 6.45) is 0. The second-order valence-corrected chi connectivity index (χ2v) is 12.3. The van der Waals surface area contributed by atoms with Crippen molar-refractivity contribution in [2.45, 2.75) is 39.5 Å². The van der Waals surface area contributed by atoms with Crippen LogP contribution in [0.1, 0.15) is 50.7 Å². The maximum Gasteiger partial charge on any atom is 0.147 e. The highest BCUT2D eigenvalue weighted by atomic mass is 32.1. The van der Waals surface area contributed by atoms with Crippen LogP contribution in [0.15, 0.2) is 109 Å². The highest BCUT2D eigenvalue weighted by molar-refractivity contribution is 7.26. The maximum atomic E-state index is 5.32. The van der Waals surface area contributed by atoms with Crippen LogP contribution >= 0.6 is 11.3 Å². The van der Waals surface area contributed by atoms with Gasteiger partial charge in [-0.25, -0.2) is 4.98 Å². The summed E-state index contributed by atoms with van der Waals surface area (Å²) in [7, 11) is 0. The molecule has 0 fully saturated rings. The summed E-state index contributed by atoms with van der Waals surface area (Å²) in [6, 6.07) is 39.6. The van der Waals surface area contributed by atoms with Gasteiger partial charge in [-0.15, -0.1) is 11.3 Å². The first-order chi connectivity index (χ1) is 19.5. The quantitative estimate of drug-likeness (QED) is 0.214. The van der Waals surface area contributed by atoms with Gasteiger partial charge in [-0.05, 0) is 58.4 Å². The minimum Gasteiger partial charge on any atom is -0.292 e. The van der Waals surface area contributed by atoms with E-state index in [0.717, 1.165) is 16.9 Å². The summed E-state index contributed by atoms with van der Waals surface area (Å²) >= 11 is 1.87. The van der Waals surface area contributed by atoms with Gasteiger partial charge in [0.2, 0.25) is 0 Å². The van der Waals surface area contributed by atoms with Gasteiger partial charge in [-0.2, -0.15) is 0 Å². The molecule has 0 unspecified atom stereocenters. The number of imidazole rings is 1. The Labute approximate surface area is 239 Å². The Kier molecular flexibility index (Phi) is 6.05. The fourth-order valence-electron chi connectivity index (χ4n) is 5.99. The molecule has 0 N–H and O–H groups in total. The number of nitrogens with zero attached hydrogens (tertiary/aromatic N) is 2. The third kappa shape index (κ3) is 3.96. The second kappa shape index (κ2) is 9.76. The van der Waals surface area contributed by atoms with Crippen molar-refractivity contribution in [2.75, 3.05) is 0 Å². The fraction of sp³-hybridized carbons (Fsp3) is 0.162. The zero-order chi connectivity index (χ0) is 27.4. The van der Waals surface area contributed by atoms with E-state index in [2.05, 4.69) is 141 Å². The normalized spacial score (nSPS) is 11.9. The first-order valence-corrected chi connectivity index (χ1v) is 14.9. The highest BCUT2D eigenvalue weighted by Crippen LogP contribution is 2.43. The van der Waals surface area contributed by atoms with Crippen molar-refractivity contribution in [1.82, 2.24) is 9.55 Å². The summed E-state index contributed by atoms with van der Waals surface area (Å²) in [5.74, 6) is 1.79. The molecule has 5 aromatic carbocycles. The number of thiophene rings is 1. The molecule has 7 rings (SSSR count). The molecule has 0 aliphatic heterocycles. The molecule has 40 heavy (non-hydrogen) atoms. The van der Waals surface area contributed by atoms with E-state index in [1.807, 2.05) is 11.3 Å². The smallest absolute Gasteiger partial charge is 0.147 e. The minimum atomic E-state index is 0.388. The molecule has 0 amide bonds. The number of fused-ring (bicyclic) bond motifs is 4. The van der Waals surface area contributed by atoms with Crippen molar-refractivity contribution in [3.8, 4) is 28.2 Å². The molecule has 0 saturated carbocycles. The molecule has 0 saturated heterocycles. The summed E-state index contributed by atoms with van der Waals surface area (Å²) in [4.78, 5) is 5.32. The number of hydrogen-bond acceptors (Lipinski definition) is 2. The Morgan fingerprint density at radius 3 is 2.08 bits per heavy atom. The van der Waals surface area contributed by atoms with Gasteiger partial charge in [-0.1, -0.05) is 113 Å². The first kappa shape index (κ1) is 24.8. The molecule has 0 aliphatic rings. The molecular formula is C37H32N2S. The molecule has 0 aliphatic carbocycles. The molecule has 0 bridgehead atoms. The van der Waals surface area contributed by atoms with Crippen LogP contribution in [0.4, 0.5) is 0 Å².